The molecule has 0 aliphatic rings. The Kier molecular flexibility index (Phi) is 3.90. The lowest BCUT2D eigenvalue weighted by Gasteiger charge is -2.09. The number of benzene rings is 2. The summed E-state index contributed by atoms with van der Waals surface area (Å²) in [5, 5.41) is 4.20. The van der Waals surface area contributed by atoms with Gasteiger partial charge in [-0.1, -0.05) is 55.8 Å². The van der Waals surface area contributed by atoms with Crippen molar-refractivity contribution in [2.45, 2.75) is 19.8 Å². The lowest BCUT2D eigenvalue weighted by atomic mass is 10.0. The molecule has 4 heteroatoms. The molecule has 0 spiro atoms. The van der Waals surface area contributed by atoms with E-state index in [2.05, 4.69) is 30.2 Å². The first-order chi connectivity index (χ1) is 10.6. The van der Waals surface area contributed by atoms with Gasteiger partial charge in [0.2, 0.25) is 0 Å². The third-order valence-corrected chi connectivity index (χ3v) is 4.07. The zero-order valence-corrected chi connectivity index (χ0v) is 13.2. The average Bonchev–Trinajstić information content (AvgIpc) is 2.85. The molecule has 3 aromatic rings. The van der Waals surface area contributed by atoms with Crippen LogP contribution in [0.3, 0.4) is 0 Å². The Labute approximate surface area is 134 Å². The monoisotopic (exact) mass is 312 g/mol. The number of H-pyrrole nitrogens is 1. The van der Waals surface area contributed by atoms with Crippen LogP contribution in [0, 0.1) is 0 Å². The number of nitrogens with one attached hydrogen (secondary N) is 2. The zero-order chi connectivity index (χ0) is 15.7. The minimum atomic E-state index is -0.234. The van der Waals surface area contributed by atoms with E-state index in [9.17, 15) is 4.79 Å². The molecule has 0 aliphatic heterocycles. The van der Waals surface area contributed by atoms with Crippen LogP contribution in [0.25, 0.3) is 10.9 Å². The van der Waals surface area contributed by atoms with E-state index in [-0.39, 0.29) is 5.91 Å². The van der Waals surface area contributed by atoms with Crippen LogP contribution < -0.4 is 5.32 Å². The standard InChI is InChI=1S/C18H17ClN2O/c1-11(2)12-6-5-7-13(10-12)20-18(22)17-16(19)14-8-3-4-9-15(14)21-17/h3-11,21H,1-2H3,(H,20,22). The molecule has 1 heterocycles. The molecule has 0 atom stereocenters. The highest BCUT2D eigenvalue weighted by Crippen LogP contribution is 2.28. The Morgan fingerprint density at radius 1 is 1.14 bits per heavy atom. The van der Waals surface area contributed by atoms with Gasteiger partial charge in [-0.25, -0.2) is 0 Å². The maximum Gasteiger partial charge on any atom is 0.273 e. The summed E-state index contributed by atoms with van der Waals surface area (Å²) in [6, 6.07) is 15.5. The van der Waals surface area contributed by atoms with Crippen molar-refractivity contribution in [3.63, 3.8) is 0 Å². The molecule has 0 radical (unpaired) electrons. The number of fused-ring (bicyclic) bond motifs is 1. The molecule has 0 saturated heterocycles. The van der Waals surface area contributed by atoms with Crippen LogP contribution >= 0.6 is 11.6 Å². The molecule has 22 heavy (non-hydrogen) atoms. The number of aromatic amines is 1. The SMILES string of the molecule is CC(C)c1cccc(NC(=O)c2[nH]c3ccccc3c2Cl)c1. The van der Waals surface area contributed by atoms with Gasteiger partial charge in [-0.15, -0.1) is 0 Å². The third-order valence-electron chi connectivity index (χ3n) is 3.68. The molecule has 1 amide bonds. The zero-order valence-electron chi connectivity index (χ0n) is 12.5. The Morgan fingerprint density at radius 3 is 2.64 bits per heavy atom. The van der Waals surface area contributed by atoms with E-state index in [0.717, 1.165) is 16.6 Å². The third kappa shape index (κ3) is 2.72. The van der Waals surface area contributed by atoms with Gasteiger partial charge in [-0.3, -0.25) is 4.79 Å². The summed E-state index contributed by atoms with van der Waals surface area (Å²) in [6.07, 6.45) is 0. The van der Waals surface area contributed by atoms with Crippen molar-refractivity contribution in [1.82, 2.24) is 4.98 Å². The largest absolute Gasteiger partial charge is 0.349 e. The normalized spacial score (nSPS) is 11.1. The van der Waals surface area contributed by atoms with Gasteiger partial charge >= 0.3 is 0 Å². The first kappa shape index (κ1) is 14.7. The van der Waals surface area contributed by atoms with Crippen LogP contribution in [-0.4, -0.2) is 10.9 Å². The van der Waals surface area contributed by atoms with E-state index in [1.807, 2.05) is 42.5 Å². The molecule has 0 bridgehead atoms. The van der Waals surface area contributed by atoms with Crippen molar-refractivity contribution in [3.8, 4) is 0 Å². The first-order valence-electron chi connectivity index (χ1n) is 7.24. The van der Waals surface area contributed by atoms with E-state index in [4.69, 9.17) is 11.6 Å². The van der Waals surface area contributed by atoms with E-state index in [0.29, 0.717) is 16.6 Å². The molecule has 0 unspecified atom stereocenters. The second kappa shape index (κ2) is 5.85. The van der Waals surface area contributed by atoms with E-state index < -0.39 is 0 Å². The number of para-hydroxylation sites is 1. The molecule has 2 aromatic carbocycles. The van der Waals surface area contributed by atoms with E-state index in [1.54, 1.807) is 0 Å². The molecule has 0 saturated carbocycles. The van der Waals surface area contributed by atoms with Crippen molar-refractivity contribution >= 4 is 34.1 Å². The highest BCUT2D eigenvalue weighted by molar-refractivity contribution is 6.39. The predicted octanol–water partition coefficient (Wildman–Crippen LogP) is 5.20. The number of hydrogen-bond donors (Lipinski definition) is 2. The van der Waals surface area contributed by atoms with Gasteiger partial charge in [0.25, 0.3) is 5.91 Å². The number of amides is 1. The maximum atomic E-state index is 12.5. The lowest BCUT2D eigenvalue weighted by Crippen LogP contribution is -2.13. The molecule has 3 rings (SSSR count). The van der Waals surface area contributed by atoms with Crippen LogP contribution in [0.15, 0.2) is 48.5 Å². The second-order valence-corrected chi connectivity index (χ2v) is 5.97. The summed E-state index contributed by atoms with van der Waals surface area (Å²) in [4.78, 5) is 15.5. The van der Waals surface area contributed by atoms with Gasteiger partial charge < -0.3 is 10.3 Å². The van der Waals surface area contributed by atoms with Gasteiger partial charge in [0.1, 0.15) is 5.69 Å². The van der Waals surface area contributed by atoms with Crippen LogP contribution in [0.2, 0.25) is 5.02 Å². The van der Waals surface area contributed by atoms with Crippen LogP contribution in [0.5, 0.6) is 0 Å². The van der Waals surface area contributed by atoms with Crippen molar-refractivity contribution < 1.29 is 4.79 Å². The molecule has 3 nitrogen and oxygen atoms in total. The Bertz CT molecular complexity index is 836. The molecule has 2 N–H and O–H groups in total. The Morgan fingerprint density at radius 2 is 1.91 bits per heavy atom. The predicted molar refractivity (Wildman–Crippen MR) is 91.8 cm³/mol. The smallest absolute Gasteiger partial charge is 0.273 e. The molecule has 0 fully saturated rings. The fourth-order valence-electron chi connectivity index (χ4n) is 2.43. The molecular formula is C18H17ClN2O. The highest BCUT2D eigenvalue weighted by Gasteiger charge is 2.16. The van der Waals surface area contributed by atoms with Gasteiger partial charge in [-0.2, -0.15) is 0 Å². The summed E-state index contributed by atoms with van der Waals surface area (Å²) in [5.41, 5.74) is 3.19. The second-order valence-electron chi connectivity index (χ2n) is 5.59. The number of rotatable bonds is 3. The number of halogens is 1. The lowest BCUT2D eigenvalue weighted by molar-refractivity contribution is 0.102. The molecule has 1 aromatic heterocycles. The Balaban J connectivity index is 1.90. The molecule has 112 valence electrons. The average molecular weight is 313 g/mol. The summed E-state index contributed by atoms with van der Waals surface area (Å²) >= 11 is 6.31. The first-order valence-corrected chi connectivity index (χ1v) is 7.61. The fourth-order valence-corrected chi connectivity index (χ4v) is 2.73. The summed E-state index contributed by atoms with van der Waals surface area (Å²) in [7, 11) is 0. The van der Waals surface area contributed by atoms with E-state index in [1.165, 1.54) is 5.56 Å². The number of carbonyl (C=O) groups excluding carboxylic acids is 1. The minimum Gasteiger partial charge on any atom is -0.349 e. The minimum absolute atomic E-state index is 0.234. The quantitative estimate of drug-likeness (QED) is 0.686. The number of anilines is 1. The number of carbonyl (C=O) groups is 1. The summed E-state index contributed by atoms with van der Waals surface area (Å²) in [6.45, 7) is 4.24. The summed E-state index contributed by atoms with van der Waals surface area (Å²) < 4.78 is 0. The molecular weight excluding hydrogens is 296 g/mol. The topological polar surface area (TPSA) is 44.9 Å². The van der Waals surface area contributed by atoms with Crippen molar-refractivity contribution in [3.05, 3.63) is 64.8 Å². The van der Waals surface area contributed by atoms with Crippen LogP contribution in [0.4, 0.5) is 5.69 Å². The maximum absolute atomic E-state index is 12.5. The van der Waals surface area contributed by atoms with Crippen LogP contribution in [-0.2, 0) is 0 Å². The fraction of sp³-hybridized carbons (Fsp3) is 0.167. The van der Waals surface area contributed by atoms with Gasteiger partial charge in [-0.05, 0) is 29.7 Å². The van der Waals surface area contributed by atoms with Gasteiger partial charge in [0, 0.05) is 16.6 Å². The summed E-state index contributed by atoms with van der Waals surface area (Å²) in [5.74, 6) is 0.177. The van der Waals surface area contributed by atoms with Crippen LogP contribution in [0.1, 0.15) is 35.8 Å². The van der Waals surface area contributed by atoms with Crippen molar-refractivity contribution in [1.29, 1.82) is 0 Å². The number of hydrogen-bond acceptors (Lipinski definition) is 1. The van der Waals surface area contributed by atoms with Crippen molar-refractivity contribution in [2.24, 2.45) is 0 Å². The molecule has 0 aliphatic carbocycles. The van der Waals surface area contributed by atoms with E-state index >= 15 is 0 Å². The van der Waals surface area contributed by atoms with Crippen molar-refractivity contribution in [2.75, 3.05) is 5.32 Å². The number of aromatic nitrogens is 1. The van der Waals surface area contributed by atoms with Gasteiger partial charge in [0.15, 0.2) is 0 Å². The Hall–Kier alpha value is -2.26. The highest BCUT2D eigenvalue weighted by atomic mass is 35.5. The van der Waals surface area contributed by atoms with Gasteiger partial charge in [0.05, 0.1) is 5.02 Å².